The highest BCUT2D eigenvalue weighted by Gasteiger charge is 2.27. The van der Waals surface area contributed by atoms with Crippen LogP contribution in [-0.4, -0.2) is 32.9 Å². The number of nitrogens with two attached hydrogens (primary N) is 1. The molecule has 0 aliphatic heterocycles. The smallest absolute Gasteiger partial charge is 0.245 e. The van der Waals surface area contributed by atoms with Crippen molar-refractivity contribution >= 4 is 15.7 Å². The predicted octanol–water partition coefficient (Wildman–Crippen LogP) is 2.72. The Kier molecular flexibility index (Phi) is 6.48. The van der Waals surface area contributed by atoms with Crippen molar-refractivity contribution in [1.29, 1.82) is 0 Å². The fourth-order valence-corrected chi connectivity index (χ4v) is 3.88. The Labute approximate surface area is 128 Å². The highest BCUT2D eigenvalue weighted by molar-refractivity contribution is 7.89. The van der Waals surface area contributed by atoms with E-state index in [2.05, 4.69) is 13.8 Å². The molecule has 0 spiro atoms. The molecule has 120 valence electrons. The monoisotopic (exact) mass is 314 g/mol. The third kappa shape index (κ3) is 4.11. The van der Waals surface area contributed by atoms with Crippen molar-refractivity contribution in [2.45, 2.75) is 38.5 Å². The van der Waals surface area contributed by atoms with Gasteiger partial charge in [-0.05, 0) is 18.1 Å². The van der Waals surface area contributed by atoms with Gasteiger partial charge in [0.1, 0.15) is 10.6 Å². The third-order valence-electron chi connectivity index (χ3n) is 3.80. The molecule has 2 N–H and O–H groups in total. The van der Waals surface area contributed by atoms with Crippen molar-refractivity contribution in [1.82, 2.24) is 4.31 Å². The summed E-state index contributed by atoms with van der Waals surface area (Å²) in [5, 5.41) is 0. The van der Waals surface area contributed by atoms with Crippen LogP contribution in [0.5, 0.6) is 5.75 Å². The SMILES string of the molecule is CCC(CC)CN(CC)S(=O)(=O)c1ccc(OC)cc1N. The second kappa shape index (κ2) is 7.66. The van der Waals surface area contributed by atoms with Gasteiger partial charge in [-0.25, -0.2) is 8.42 Å². The maximum atomic E-state index is 12.8. The van der Waals surface area contributed by atoms with Crippen molar-refractivity contribution in [3.8, 4) is 5.75 Å². The molecular weight excluding hydrogens is 288 g/mol. The number of benzene rings is 1. The van der Waals surface area contributed by atoms with E-state index in [9.17, 15) is 8.42 Å². The van der Waals surface area contributed by atoms with E-state index in [1.165, 1.54) is 23.5 Å². The summed E-state index contributed by atoms with van der Waals surface area (Å²) in [6, 6.07) is 4.67. The minimum absolute atomic E-state index is 0.149. The van der Waals surface area contributed by atoms with Crippen LogP contribution in [-0.2, 0) is 10.0 Å². The number of ether oxygens (including phenoxy) is 1. The van der Waals surface area contributed by atoms with Crippen LogP contribution < -0.4 is 10.5 Å². The third-order valence-corrected chi connectivity index (χ3v) is 5.82. The van der Waals surface area contributed by atoms with Gasteiger partial charge in [-0.15, -0.1) is 0 Å². The molecule has 0 atom stereocenters. The molecule has 21 heavy (non-hydrogen) atoms. The zero-order chi connectivity index (χ0) is 16.0. The number of anilines is 1. The Balaban J connectivity index is 3.12. The molecule has 1 aromatic carbocycles. The molecule has 0 aliphatic rings. The van der Waals surface area contributed by atoms with Crippen LogP contribution in [0.2, 0.25) is 0 Å². The predicted molar refractivity (Wildman–Crippen MR) is 85.9 cm³/mol. The molecule has 0 aromatic heterocycles. The van der Waals surface area contributed by atoms with Crippen LogP contribution in [0.15, 0.2) is 23.1 Å². The fraction of sp³-hybridized carbons (Fsp3) is 0.600. The highest BCUT2D eigenvalue weighted by Crippen LogP contribution is 2.27. The van der Waals surface area contributed by atoms with E-state index in [0.717, 1.165) is 12.8 Å². The summed E-state index contributed by atoms with van der Waals surface area (Å²) in [5.41, 5.74) is 6.11. The van der Waals surface area contributed by atoms with Crippen molar-refractivity contribution in [3.63, 3.8) is 0 Å². The lowest BCUT2D eigenvalue weighted by atomic mass is 10.0. The summed E-state index contributed by atoms with van der Waals surface area (Å²) in [7, 11) is -2.05. The number of nitrogens with zero attached hydrogens (tertiary/aromatic N) is 1. The second-order valence-electron chi connectivity index (χ2n) is 5.04. The van der Waals surface area contributed by atoms with Gasteiger partial charge in [-0.1, -0.05) is 33.6 Å². The number of hydrogen-bond acceptors (Lipinski definition) is 4. The molecular formula is C15H26N2O3S. The molecule has 6 heteroatoms. The molecule has 0 bridgehead atoms. The van der Waals surface area contributed by atoms with Crippen LogP contribution in [0.25, 0.3) is 0 Å². The maximum absolute atomic E-state index is 12.8. The minimum atomic E-state index is -3.57. The van der Waals surface area contributed by atoms with Crippen LogP contribution in [0.1, 0.15) is 33.6 Å². The van der Waals surface area contributed by atoms with Gasteiger partial charge < -0.3 is 10.5 Å². The standard InChI is InChI=1S/C15H26N2O3S/c1-5-12(6-2)11-17(7-3)21(18,19)15-9-8-13(20-4)10-14(15)16/h8-10,12H,5-7,11,16H2,1-4H3. The molecule has 1 aromatic rings. The molecule has 0 saturated heterocycles. The Morgan fingerprint density at radius 3 is 2.29 bits per heavy atom. The van der Waals surface area contributed by atoms with E-state index in [0.29, 0.717) is 24.8 Å². The zero-order valence-corrected chi connectivity index (χ0v) is 14.1. The molecule has 0 radical (unpaired) electrons. The van der Waals surface area contributed by atoms with Crippen molar-refractivity contribution in [2.24, 2.45) is 5.92 Å². The number of rotatable bonds is 8. The Morgan fingerprint density at radius 1 is 1.24 bits per heavy atom. The van der Waals surface area contributed by atoms with Gasteiger partial charge in [0.15, 0.2) is 0 Å². The highest BCUT2D eigenvalue weighted by atomic mass is 32.2. The average molecular weight is 314 g/mol. The van der Waals surface area contributed by atoms with Gasteiger partial charge in [0.2, 0.25) is 10.0 Å². The molecule has 0 aliphatic carbocycles. The van der Waals surface area contributed by atoms with Crippen LogP contribution >= 0.6 is 0 Å². The van der Waals surface area contributed by atoms with E-state index in [1.54, 1.807) is 6.07 Å². The van der Waals surface area contributed by atoms with Crippen LogP contribution in [0.3, 0.4) is 0 Å². The first-order chi connectivity index (χ1) is 9.90. The topological polar surface area (TPSA) is 72.6 Å². The van der Waals surface area contributed by atoms with Gasteiger partial charge in [-0.2, -0.15) is 4.31 Å². The molecule has 0 heterocycles. The van der Waals surface area contributed by atoms with Gasteiger partial charge in [0.25, 0.3) is 0 Å². The van der Waals surface area contributed by atoms with E-state index in [1.807, 2.05) is 6.92 Å². The van der Waals surface area contributed by atoms with E-state index in [-0.39, 0.29) is 10.6 Å². The quantitative estimate of drug-likeness (QED) is 0.749. The molecule has 5 nitrogen and oxygen atoms in total. The number of nitrogen functional groups attached to an aromatic ring is 1. The summed E-state index contributed by atoms with van der Waals surface area (Å²) >= 11 is 0. The van der Waals surface area contributed by atoms with Crippen LogP contribution in [0, 0.1) is 5.92 Å². The van der Waals surface area contributed by atoms with Crippen LogP contribution in [0.4, 0.5) is 5.69 Å². The largest absolute Gasteiger partial charge is 0.497 e. The molecule has 0 fully saturated rings. The molecule has 0 saturated carbocycles. The minimum Gasteiger partial charge on any atom is -0.497 e. The lowest BCUT2D eigenvalue weighted by Crippen LogP contribution is -2.35. The van der Waals surface area contributed by atoms with E-state index < -0.39 is 10.0 Å². The number of methoxy groups -OCH3 is 1. The first-order valence-electron chi connectivity index (χ1n) is 7.34. The molecule has 0 amide bonds. The summed E-state index contributed by atoms with van der Waals surface area (Å²) in [4.78, 5) is 0.149. The Bertz CT molecular complexity index is 554. The zero-order valence-electron chi connectivity index (χ0n) is 13.3. The van der Waals surface area contributed by atoms with Gasteiger partial charge in [0, 0.05) is 19.2 Å². The van der Waals surface area contributed by atoms with Crippen molar-refractivity contribution in [3.05, 3.63) is 18.2 Å². The lowest BCUT2D eigenvalue weighted by molar-refractivity contribution is 0.339. The number of hydrogen-bond donors (Lipinski definition) is 1. The molecule has 1 rings (SSSR count). The number of sulfonamides is 1. The van der Waals surface area contributed by atoms with Crippen molar-refractivity contribution in [2.75, 3.05) is 25.9 Å². The second-order valence-corrected chi connectivity index (χ2v) is 6.95. The summed E-state index contributed by atoms with van der Waals surface area (Å²) in [6.45, 7) is 6.97. The van der Waals surface area contributed by atoms with Crippen molar-refractivity contribution < 1.29 is 13.2 Å². The Hall–Kier alpha value is -1.27. The van der Waals surface area contributed by atoms with E-state index >= 15 is 0 Å². The Morgan fingerprint density at radius 2 is 1.86 bits per heavy atom. The maximum Gasteiger partial charge on any atom is 0.245 e. The normalized spacial score (nSPS) is 12.1. The lowest BCUT2D eigenvalue weighted by Gasteiger charge is -2.25. The van der Waals surface area contributed by atoms with Gasteiger partial charge in [0.05, 0.1) is 12.8 Å². The average Bonchev–Trinajstić information content (AvgIpc) is 2.47. The van der Waals surface area contributed by atoms with Gasteiger partial charge in [-0.3, -0.25) is 0 Å². The summed E-state index contributed by atoms with van der Waals surface area (Å²) in [5.74, 6) is 0.911. The first kappa shape index (κ1) is 17.8. The fourth-order valence-electron chi connectivity index (χ4n) is 2.26. The van der Waals surface area contributed by atoms with E-state index in [4.69, 9.17) is 10.5 Å². The summed E-state index contributed by atoms with van der Waals surface area (Å²) < 4.78 is 32.1. The first-order valence-corrected chi connectivity index (χ1v) is 8.78. The van der Waals surface area contributed by atoms with Gasteiger partial charge >= 0.3 is 0 Å². The summed E-state index contributed by atoms with van der Waals surface area (Å²) in [6.07, 6.45) is 1.92. The molecule has 0 unspecified atom stereocenters.